The second-order valence-electron chi connectivity index (χ2n) is 5.23. The summed E-state index contributed by atoms with van der Waals surface area (Å²) in [6.45, 7) is 2.64. The number of aliphatic hydroxyl groups is 1. The van der Waals surface area contributed by atoms with Crippen LogP contribution in [0.2, 0.25) is 0 Å². The fourth-order valence-corrected chi connectivity index (χ4v) is 2.65. The van der Waals surface area contributed by atoms with Gasteiger partial charge in [-0.05, 0) is 31.9 Å². The van der Waals surface area contributed by atoms with Gasteiger partial charge in [-0.15, -0.1) is 15.3 Å². The van der Waals surface area contributed by atoms with Gasteiger partial charge in [0.1, 0.15) is 5.82 Å². The van der Waals surface area contributed by atoms with Gasteiger partial charge in [-0.3, -0.25) is 0 Å². The molecule has 0 aromatic carbocycles. The Hall–Kier alpha value is -1.69. The minimum atomic E-state index is -0.179. The molecule has 1 saturated carbocycles. The highest BCUT2D eigenvalue weighted by atomic mass is 16.3. The Balaban J connectivity index is 1.69. The molecule has 1 aliphatic rings. The lowest BCUT2D eigenvalue weighted by Gasteiger charge is -2.27. The van der Waals surface area contributed by atoms with Crippen molar-refractivity contribution in [3.05, 3.63) is 18.0 Å². The van der Waals surface area contributed by atoms with Crippen molar-refractivity contribution < 1.29 is 5.11 Å². The SMILES string of the molecule is Cc1nnc2ccc(NC[C@@H]3CCCC[C@H]3O)nn12. The fourth-order valence-electron chi connectivity index (χ4n) is 2.65. The molecule has 0 unspecified atom stereocenters. The van der Waals surface area contributed by atoms with Gasteiger partial charge in [-0.1, -0.05) is 12.8 Å². The normalized spacial score (nSPS) is 23.7. The van der Waals surface area contributed by atoms with Gasteiger partial charge in [0.05, 0.1) is 6.10 Å². The van der Waals surface area contributed by atoms with Crippen LogP contribution in [-0.2, 0) is 0 Å². The van der Waals surface area contributed by atoms with Crippen LogP contribution in [0.25, 0.3) is 5.65 Å². The van der Waals surface area contributed by atoms with Crippen LogP contribution in [0.4, 0.5) is 5.82 Å². The number of nitrogens with one attached hydrogen (secondary N) is 1. The Morgan fingerprint density at radius 1 is 1.32 bits per heavy atom. The highest BCUT2D eigenvalue weighted by molar-refractivity contribution is 5.43. The number of fused-ring (bicyclic) bond motifs is 1. The Kier molecular flexibility index (Phi) is 3.33. The van der Waals surface area contributed by atoms with E-state index in [4.69, 9.17) is 0 Å². The maximum absolute atomic E-state index is 9.94. The molecule has 2 aromatic heterocycles. The van der Waals surface area contributed by atoms with Crippen LogP contribution in [0, 0.1) is 12.8 Å². The minimum absolute atomic E-state index is 0.179. The van der Waals surface area contributed by atoms with Gasteiger partial charge in [-0.25, -0.2) is 0 Å². The summed E-state index contributed by atoms with van der Waals surface area (Å²) in [6.07, 6.45) is 4.18. The smallest absolute Gasteiger partial charge is 0.178 e. The predicted molar refractivity (Wildman–Crippen MR) is 72.0 cm³/mol. The standard InChI is InChI=1S/C13H19N5O/c1-9-15-16-13-7-6-12(17-18(9)13)14-8-10-4-2-3-5-11(10)19/h6-7,10-11,19H,2-5,8H2,1H3,(H,14,17)/t10-,11+/m0/s1. The highest BCUT2D eigenvalue weighted by Crippen LogP contribution is 2.24. The van der Waals surface area contributed by atoms with Gasteiger partial charge in [0, 0.05) is 12.5 Å². The van der Waals surface area contributed by atoms with E-state index in [-0.39, 0.29) is 6.10 Å². The van der Waals surface area contributed by atoms with Crippen molar-refractivity contribution in [2.75, 3.05) is 11.9 Å². The predicted octanol–water partition coefficient (Wildman–Crippen LogP) is 1.40. The minimum Gasteiger partial charge on any atom is -0.393 e. The molecule has 0 aliphatic heterocycles. The summed E-state index contributed by atoms with van der Waals surface area (Å²) >= 11 is 0. The molecule has 3 rings (SSSR count). The van der Waals surface area contributed by atoms with Crippen LogP contribution in [0.3, 0.4) is 0 Å². The van der Waals surface area contributed by atoms with Crippen molar-refractivity contribution in [3.63, 3.8) is 0 Å². The molecule has 6 heteroatoms. The second kappa shape index (κ2) is 5.13. The van der Waals surface area contributed by atoms with E-state index in [2.05, 4.69) is 20.6 Å². The lowest BCUT2D eigenvalue weighted by Crippen LogP contribution is -2.30. The first-order valence-corrected chi connectivity index (χ1v) is 6.85. The Bertz CT molecular complexity index is 567. The number of hydrogen-bond acceptors (Lipinski definition) is 5. The monoisotopic (exact) mass is 261 g/mol. The van der Waals surface area contributed by atoms with E-state index in [1.165, 1.54) is 6.42 Å². The number of anilines is 1. The second-order valence-corrected chi connectivity index (χ2v) is 5.23. The first-order chi connectivity index (χ1) is 9.24. The van der Waals surface area contributed by atoms with Crippen molar-refractivity contribution in [3.8, 4) is 0 Å². The third-order valence-corrected chi connectivity index (χ3v) is 3.83. The third kappa shape index (κ3) is 2.53. The van der Waals surface area contributed by atoms with Crippen LogP contribution in [0.1, 0.15) is 31.5 Å². The van der Waals surface area contributed by atoms with E-state index >= 15 is 0 Å². The van der Waals surface area contributed by atoms with Gasteiger partial charge in [0.25, 0.3) is 0 Å². The van der Waals surface area contributed by atoms with Gasteiger partial charge in [-0.2, -0.15) is 4.52 Å². The largest absolute Gasteiger partial charge is 0.393 e. The van der Waals surface area contributed by atoms with Crippen molar-refractivity contribution in [1.82, 2.24) is 19.8 Å². The molecule has 19 heavy (non-hydrogen) atoms. The zero-order valence-corrected chi connectivity index (χ0v) is 11.1. The summed E-state index contributed by atoms with van der Waals surface area (Å²) < 4.78 is 1.72. The van der Waals surface area contributed by atoms with E-state index in [0.29, 0.717) is 5.92 Å². The molecule has 0 bridgehead atoms. The van der Waals surface area contributed by atoms with Crippen LogP contribution in [0.5, 0.6) is 0 Å². The number of rotatable bonds is 3. The molecule has 2 N–H and O–H groups in total. The number of aliphatic hydroxyl groups excluding tert-OH is 1. The summed E-state index contributed by atoms with van der Waals surface area (Å²) in [4.78, 5) is 0. The molecule has 6 nitrogen and oxygen atoms in total. The highest BCUT2D eigenvalue weighted by Gasteiger charge is 2.22. The maximum atomic E-state index is 9.94. The number of nitrogens with zero attached hydrogens (tertiary/aromatic N) is 4. The average Bonchev–Trinajstić information content (AvgIpc) is 2.79. The van der Waals surface area contributed by atoms with Crippen molar-refractivity contribution in [2.45, 2.75) is 38.7 Å². The molecule has 2 heterocycles. The molecule has 0 radical (unpaired) electrons. The van der Waals surface area contributed by atoms with E-state index < -0.39 is 0 Å². The van der Waals surface area contributed by atoms with E-state index in [9.17, 15) is 5.11 Å². The van der Waals surface area contributed by atoms with Crippen molar-refractivity contribution in [2.24, 2.45) is 5.92 Å². The lowest BCUT2D eigenvalue weighted by molar-refractivity contribution is 0.0763. The van der Waals surface area contributed by atoms with Crippen LogP contribution in [-0.4, -0.2) is 37.6 Å². The molecular weight excluding hydrogens is 242 g/mol. The van der Waals surface area contributed by atoms with Gasteiger partial charge in [0.15, 0.2) is 11.5 Å². The molecule has 0 amide bonds. The summed E-state index contributed by atoms with van der Waals surface area (Å²) in [5, 5.41) is 25.7. The zero-order valence-electron chi connectivity index (χ0n) is 11.1. The van der Waals surface area contributed by atoms with Crippen LogP contribution < -0.4 is 5.32 Å². The average molecular weight is 261 g/mol. The van der Waals surface area contributed by atoms with Crippen LogP contribution >= 0.6 is 0 Å². The molecule has 1 fully saturated rings. The first-order valence-electron chi connectivity index (χ1n) is 6.85. The molecule has 0 spiro atoms. The van der Waals surface area contributed by atoms with E-state index in [1.807, 2.05) is 19.1 Å². The van der Waals surface area contributed by atoms with E-state index in [0.717, 1.165) is 43.1 Å². The number of hydrogen-bond donors (Lipinski definition) is 2. The molecule has 2 aromatic rings. The Morgan fingerprint density at radius 3 is 3.00 bits per heavy atom. The summed E-state index contributed by atoms with van der Waals surface area (Å²) in [7, 11) is 0. The number of aryl methyl sites for hydroxylation is 1. The molecule has 0 saturated heterocycles. The summed E-state index contributed by atoms with van der Waals surface area (Å²) in [6, 6.07) is 3.80. The molecule has 1 aliphatic carbocycles. The Labute approximate surface area is 111 Å². The maximum Gasteiger partial charge on any atom is 0.178 e. The first kappa shape index (κ1) is 12.3. The van der Waals surface area contributed by atoms with E-state index in [1.54, 1.807) is 4.52 Å². The zero-order chi connectivity index (χ0) is 13.2. The third-order valence-electron chi connectivity index (χ3n) is 3.83. The fraction of sp³-hybridized carbons (Fsp3) is 0.615. The summed E-state index contributed by atoms with van der Waals surface area (Å²) in [5.74, 6) is 1.90. The quantitative estimate of drug-likeness (QED) is 0.873. The molecule has 102 valence electrons. The van der Waals surface area contributed by atoms with Crippen molar-refractivity contribution in [1.29, 1.82) is 0 Å². The van der Waals surface area contributed by atoms with Gasteiger partial charge in [0.2, 0.25) is 0 Å². The van der Waals surface area contributed by atoms with Gasteiger partial charge >= 0.3 is 0 Å². The summed E-state index contributed by atoms with van der Waals surface area (Å²) in [5.41, 5.74) is 0.751. The topological polar surface area (TPSA) is 75.3 Å². The van der Waals surface area contributed by atoms with Gasteiger partial charge < -0.3 is 10.4 Å². The molecular formula is C13H19N5O. The van der Waals surface area contributed by atoms with Crippen molar-refractivity contribution >= 4 is 11.5 Å². The Morgan fingerprint density at radius 2 is 2.16 bits per heavy atom. The number of aromatic nitrogens is 4. The lowest BCUT2D eigenvalue weighted by atomic mass is 9.86. The molecule has 2 atom stereocenters. The van der Waals surface area contributed by atoms with Crippen LogP contribution in [0.15, 0.2) is 12.1 Å².